The molecule has 13 heteroatoms. The molecule has 0 saturated heterocycles. The Kier molecular flexibility index (Phi) is 6.98. The first kappa shape index (κ1) is 24.5. The second-order valence-electron chi connectivity index (χ2n) is 6.88. The second kappa shape index (κ2) is 9.40. The average molecular weight is 548 g/mol. The zero-order valence-corrected chi connectivity index (χ0v) is 19.3. The molecular weight excluding hydrogens is 533 g/mol. The van der Waals surface area contributed by atoms with Crippen LogP contribution in [0.3, 0.4) is 0 Å². The molecule has 0 bridgehead atoms. The van der Waals surface area contributed by atoms with Crippen LogP contribution in [0, 0.1) is 17.0 Å². The fourth-order valence-electron chi connectivity index (χ4n) is 2.87. The van der Waals surface area contributed by atoms with Crippen molar-refractivity contribution in [1.29, 1.82) is 0 Å². The number of nitrogens with one attached hydrogen (secondary N) is 1. The van der Waals surface area contributed by atoms with Crippen LogP contribution in [-0.4, -0.2) is 20.6 Å². The Morgan fingerprint density at radius 1 is 1.24 bits per heavy atom. The summed E-state index contributed by atoms with van der Waals surface area (Å²) in [6.45, 7) is 2.73. The molecule has 0 saturated carbocycles. The number of anilines is 1. The molecule has 1 heterocycles. The van der Waals surface area contributed by atoms with E-state index in [0.717, 1.165) is 16.8 Å². The summed E-state index contributed by atoms with van der Waals surface area (Å²) in [4.78, 5) is 23.4. The topological polar surface area (TPSA) is 99.3 Å². The molecule has 1 unspecified atom stereocenters. The Hall–Kier alpha value is -3.12. The van der Waals surface area contributed by atoms with Crippen molar-refractivity contribution >= 4 is 44.8 Å². The number of non-ortho nitro benzene ring substituents is 1. The van der Waals surface area contributed by atoms with Gasteiger partial charge in [-0.05, 0) is 54.0 Å². The van der Waals surface area contributed by atoms with E-state index in [-0.39, 0.29) is 27.3 Å². The van der Waals surface area contributed by atoms with Crippen LogP contribution in [0.15, 0.2) is 46.9 Å². The third-order valence-electron chi connectivity index (χ3n) is 4.51. The number of ether oxygens (including phenoxy) is 1. The molecule has 0 aliphatic heterocycles. The highest BCUT2D eigenvalue weighted by molar-refractivity contribution is 9.10. The number of amides is 1. The summed E-state index contributed by atoms with van der Waals surface area (Å²) in [5.74, 6) is -0.325. The number of nitro groups is 1. The largest absolute Gasteiger partial charge is 0.457 e. The van der Waals surface area contributed by atoms with Crippen molar-refractivity contribution in [3.8, 4) is 11.5 Å². The van der Waals surface area contributed by atoms with Gasteiger partial charge in [0.05, 0.1) is 26.8 Å². The smallest absolute Gasteiger partial charge is 0.436 e. The van der Waals surface area contributed by atoms with E-state index in [4.69, 9.17) is 16.3 Å². The van der Waals surface area contributed by atoms with Gasteiger partial charge < -0.3 is 10.1 Å². The summed E-state index contributed by atoms with van der Waals surface area (Å²) in [6.07, 6.45) is -4.71. The maximum Gasteiger partial charge on any atom is 0.436 e. The number of carbonyl (C=O) groups excluding carboxylic acids is 1. The molecule has 1 atom stereocenters. The van der Waals surface area contributed by atoms with E-state index < -0.39 is 28.7 Å². The number of carbonyl (C=O) groups is 1. The highest BCUT2D eigenvalue weighted by Gasteiger charge is 2.39. The summed E-state index contributed by atoms with van der Waals surface area (Å²) in [6, 6.07) is 8.70. The van der Waals surface area contributed by atoms with Gasteiger partial charge in [0, 0.05) is 17.2 Å². The van der Waals surface area contributed by atoms with Gasteiger partial charge in [0.15, 0.2) is 5.69 Å². The van der Waals surface area contributed by atoms with Crippen LogP contribution < -0.4 is 10.1 Å². The van der Waals surface area contributed by atoms with E-state index >= 15 is 0 Å². The number of nitro benzene ring substituents is 1. The van der Waals surface area contributed by atoms with Crippen molar-refractivity contribution in [1.82, 2.24) is 9.78 Å². The normalized spacial score (nSPS) is 12.3. The number of alkyl halides is 3. The van der Waals surface area contributed by atoms with Crippen molar-refractivity contribution in [3.05, 3.63) is 73.5 Å². The minimum absolute atomic E-state index is 0.0185. The van der Waals surface area contributed by atoms with Crippen LogP contribution in [0.5, 0.6) is 11.5 Å². The van der Waals surface area contributed by atoms with Crippen molar-refractivity contribution in [2.75, 3.05) is 5.32 Å². The first-order valence-corrected chi connectivity index (χ1v) is 10.4. The molecule has 3 rings (SSSR count). The molecule has 2 aromatic carbocycles. The molecule has 0 aliphatic carbocycles. The highest BCUT2D eigenvalue weighted by Crippen LogP contribution is 2.37. The predicted octanol–water partition coefficient (Wildman–Crippen LogP) is 6.53. The van der Waals surface area contributed by atoms with Gasteiger partial charge in [-0.1, -0.05) is 11.6 Å². The van der Waals surface area contributed by atoms with E-state index in [0.29, 0.717) is 10.8 Å². The van der Waals surface area contributed by atoms with Crippen LogP contribution in [0.25, 0.3) is 0 Å². The highest BCUT2D eigenvalue weighted by atomic mass is 79.9. The Morgan fingerprint density at radius 3 is 2.42 bits per heavy atom. The molecule has 1 aromatic heterocycles. The van der Waals surface area contributed by atoms with Gasteiger partial charge in [0.2, 0.25) is 5.91 Å². The average Bonchev–Trinajstić information content (AvgIpc) is 3.04. The molecule has 3 aromatic rings. The third-order valence-corrected chi connectivity index (χ3v) is 5.71. The minimum Gasteiger partial charge on any atom is -0.457 e. The molecule has 8 nitrogen and oxygen atoms in total. The summed E-state index contributed by atoms with van der Waals surface area (Å²) in [5, 5.41) is 17.8. The van der Waals surface area contributed by atoms with Gasteiger partial charge in [-0.3, -0.25) is 19.6 Å². The fraction of sp³-hybridized carbons (Fsp3) is 0.200. The van der Waals surface area contributed by atoms with E-state index in [9.17, 15) is 28.1 Å². The van der Waals surface area contributed by atoms with Gasteiger partial charge in [-0.2, -0.15) is 18.3 Å². The molecule has 0 spiro atoms. The third kappa shape index (κ3) is 5.63. The minimum atomic E-state index is -4.71. The molecule has 1 N–H and O–H groups in total. The zero-order valence-electron chi connectivity index (χ0n) is 17.0. The van der Waals surface area contributed by atoms with Crippen LogP contribution >= 0.6 is 27.5 Å². The molecule has 174 valence electrons. The lowest BCUT2D eigenvalue weighted by molar-refractivity contribution is -0.384. The number of rotatable bonds is 6. The van der Waals surface area contributed by atoms with Gasteiger partial charge in [0.25, 0.3) is 5.69 Å². The van der Waals surface area contributed by atoms with Crippen LogP contribution in [0.4, 0.5) is 24.5 Å². The zero-order chi connectivity index (χ0) is 24.5. The Bertz CT molecular complexity index is 1220. The molecule has 0 radical (unpaired) electrons. The van der Waals surface area contributed by atoms with Crippen molar-refractivity contribution in [3.63, 3.8) is 0 Å². The lowest BCUT2D eigenvalue weighted by Crippen LogP contribution is -2.25. The van der Waals surface area contributed by atoms with E-state index in [1.54, 1.807) is 24.3 Å². The second-order valence-corrected chi connectivity index (χ2v) is 8.11. The van der Waals surface area contributed by atoms with E-state index in [1.165, 1.54) is 19.9 Å². The van der Waals surface area contributed by atoms with E-state index in [1.807, 2.05) is 0 Å². The Morgan fingerprint density at radius 2 is 1.88 bits per heavy atom. The first-order chi connectivity index (χ1) is 15.4. The fourth-order valence-corrected chi connectivity index (χ4v) is 3.48. The van der Waals surface area contributed by atoms with Crippen LogP contribution in [-0.2, 0) is 11.0 Å². The number of hydrogen-bond acceptors (Lipinski definition) is 5. The summed E-state index contributed by atoms with van der Waals surface area (Å²) >= 11 is 8.68. The molecular formula is C20H15BrClF3N4O4. The van der Waals surface area contributed by atoms with Gasteiger partial charge >= 0.3 is 6.18 Å². The SMILES string of the molecule is Cc1c(Br)c(C(F)(F)F)nn1C(C)C(=O)Nc1cc(Oc2ccc(Cl)cc2)cc([N+](=O)[O-])c1. The maximum atomic E-state index is 13.1. The quantitative estimate of drug-likeness (QED) is 0.280. The van der Waals surface area contributed by atoms with Crippen LogP contribution in [0.1, 0.15) is 24.4 Å². The number of hydrogen-bond donors (Lipinski definition) is 1. The number of benzene rings is 2. The maximum absolute atomic E-state index is 13.1. The standard InChI is InChI=1S/C20H15BrClF3N4O4/c1-10-17(21)18(20(23,24)25)27-28(10)11(2)19(30)26-13-7-14(29(31)32)9-16(8-13)33-15-5-3-12(22)4-6-15/h3-9,11H,1-2H3,(H,26,30). The Labute approximate surface area is 198 Å². The van der Waals surface area contributed by atoms with Crippen molar-refractivity contribution in [2.45, 2.75) is 26.1 Å². The lowest BCUT2D eigenvalue weighted by Gasteiger charge is -2.15. The summed E-state index contributed by atoms with van der Waals surface area (Å²) in [5.41, 5.74) is -1.41. The van der Waals surface area contributed by atoms with Crippen molar-refractivity contribution in [2.24, 2.45) is 0 Å². The van der Waals surface area contributed by atoms with Gasteiger partial charge in [-0.15, -0.1) is 0 Å². The monoisotopic (exact) mass is 546 g/mol. The molecule has 0 aliphatic rings. The molecule has 33 heavy (non-hydrogen) atoms. The lowest BCUT2D eigenvalue weighted by atomic mass is 10.2. The number of nitrogens with zero attached hydrogens (tertiary/aromatic N) is 3. The first-order valence-electron chi connectivity index (χ1n) is 9.22. The number of halogens is 5. The van der Waals surface area contributed by atoms with Gasteiger partial charge in [0.1, 0.15) is 17.5 Å². The van der Waals surface area contributed by atoms with Gasteiger partial charge in [-0.25, -0.2) is 0 Å². The van der Waals surface area contributed by atoms with Crippen molar-refractivity contribution < 1.29 is 27.6 Å². The molecule has 1 amide bonds. The van der Waals surface area contributed by atoms with Crippen LogP contribution in [0.2, 0.25) is 5.02 Å². The molecule has 0 fully saturated rings. The Balaban J connectivity index is 1.87. The summed E-state index contributed by atoms with van der Waals surface area (Å²) in [7, 11) is 0. The van der Waals surface area contributed by atoms with E-state index in [2.05, 4.69) is 26.3 Å². The predicted molar refractivity (Wildman–Crippen MR) is 118 cm³/mol. The summed E-state index contributed by atoms with van der Waals surface area (Å²) < 4.78 is 45.6. The number of aromatic nitrogens is 2.